The number of nitrogens with zero attached hydrogens (tertiary/aromatic N) is 2. The Kier molecular flexibility index (Phi) is 8.09. The van der Waals surface area contributed by atoms with Crippen molar-refractivity contribution in [2.45, 2.75) is 50.9 Å². The van der Waals surface area contributed by atoms with Crippen LogP contribution < -0.4 is 9.80 Å². The molecule has 9 aromatic carbocycles. The van der Waals surface area contributed by atoms with E-state index in [1.54, 1.807) is 0 Å². The number of benzene rings is 9. The standard InChI is InChI=1S/C60H48N2/c1-59(2)53-29-17-15-25-45(53)47-33-31-41(35-55(47)59)61(39-19-7-5-8-20-39)57-37-51-44-24-12-14-28-50(44)58(38-52(51)43-23-11-13-27-49(43)57)62(40-21-9-6-10-22-40)42-32-34-48-46-26-16-18-30-54(46)60(3,4)56(48)36-42/h5-33,35-38,48H,34H2,1-4H3. The molecular formula is C60H48N2. The van der Waals surface area contributed by atoms with Crippen LogP contribution in [0.1, 0.15) is 62.3 Å². The minimum atomic E-state index is -0.116. The van der Waals surface area contributed by atoms with E-state index in [0.717, 1.165) is 23.5 Å². The van der Waals surface area contributed by atoms with Gasteiger partial charge >= 0.3 is 0 Å². The summed E-state index contributed by atoms with van der Waals surface area (Å²) in [6, 6.07) is 70.0. The van der Waals surface area contributed by atoms with E-state index in [0.29, 0.717) is 5.92 Å². The topological polar surface area (TPSA) is 6.48 Å². The lowest BCUT2D eigenvalue weighted by Crippen LogP contribution is -2.22. The number of para-hydroxylation sites is 2. The van der Waals surface area contributed by atoms with Crippen LogP contribution in [0.15, 0.2) is 211 Å². The Hall–Kier alpha value is -7.16. The van der Waals surface area contributed by atoms with Crippen molar-refractivity contribution in [3.05, 3.63) is 234 Å². The third kappa shape index (κ3) is 5.36. The summed E-state index contributed by atoms with van der Waals surface area (Å²) in [6.07, 6.45) is 5.97. The fourth-order valence-electron chi connectivity index (χ4n) is 11.4. The minimum absolute atomic E-state index is 0.0512. The summed E-state index contributed by atoms with van der Waals surface area (Å²) in [4.78, 5) is 5.00. The molecule has 0 N–H and O–H groups in total. The first-order valence-corrected chi connectivity index (χ1v) is 22.1. The van der Waals surface area contributed by atoms with Crippen molar-refractivity contribution in [1.29, 1.82) is 0 Å². The number of anilines is 5. The fraction of sp³-hybridized carbons (Fsp3) is 0.133. The average Bonchev–Trinajstić information content (AvgIpc) is 3.69. The van der Waals surface area contributed by atoms with E-state index in [1.807, 2.05) is 0 Å². The molecule has 9 aromatic rings. The second kappa shape index (κ2) is 13.7. The monoisotopic (exact) mass is 796 g/mol. The summed E-state index contributed by atoms with van der Waals surface area (Å²) in [6.45, 7) is 9.55. The maximum absolute atomic E-state index is 2.52. The quantitative estimate of drug-likeness (QED) is 0.155. The van der Waals surface area contributed by atoms with Gasteiger partial charge in [-0.15, -0.1) is 0 Å². The molecule has 62 heavy (non-hydrogen) atoms. The third-order valence-electron chi connectivity index (χ3n) is 14.4. The van der Waals surface area contributed by atoms with Gasteiger partial charge in [-0.05, 0) is 116 Å². The van der Waals surface area contributed by atoms with Crippen LogP contribution in [0.3, 0.4) is 0 Å². The van der Waals surface area contributed by atoms with E-state index in [9.17, 15) is 0 Å². The van der Waals surface area contributed by atoms with Gasteiger partial charge in [0, 0.05) is 50.3 Å². The maximum Gasteiger partial charge on any atom is 0.0546 e. The van der Waals surface area contributed by atoms with Gasteiger partial charge in [0.15, 0.2) is 0 Å². The second-order valence-electron chi connectivity index (χ2n) is 18.4. The highest BCUT2D eigenvalue weighted by molar-refractivity contribution is 6.24. The zero-order valence-electron chi connectivity index (χ0n) is 35.7. The smallest absolute Gasteiger partial charge is 0.0546 e. The van der Waals surface area contributed by atoms with Gasteiger partial charge in [-0.25, -0.2) is 0 Å². The number of allylic oxidation sites excluding steroid dienone is 3. The number of rotatable bonds is 6. The Balaban J connectivity index is 1.09. The number of hydrogen-bond acceptors (Lipinski definition) is 2. The normalized spacial score (nSPS) is 16.6. The molecule has 1 atom stereocenters. The average molecular weight is 797 g/mol. The summed E-state index contributed by atoms with van der Waals surface area (Å²) in [5.41, 5.74) is 16.7. The van der Waals surface area contributed by atoms with Gasteiger partial charge in [-0.1, -0.05) is 179 Å². The van der Waals surface area contributed by atoms with Crippen LogP contribution in [0.25, 0.3) is 43.4 Å². The highest BCUT2D eigenvalue weighted by atomic mass is 15.2. The van der Waals surface area contributed by atoms with Crippen LogP contribution in [-0.2, 0) is 10.8 Å². The molecule has 3 aliphatic rings. The molecule has 0 heterocycles. The van der Waals surface area contributed by atoms with E-state index < -0.39 is 0 Å². The van der Waals surface area contributed by atoms with E-state index >= 15 is 0 Å². The van der Waals surface area contributed by atoms with Crippen molar-refractivity contribution < 1.29 is 0 Å². The predicted molar refractivity (Wildman–Crippen MR) is 263 cm³/mol. The fourth-order valence-corrected chi connectivity index (χ4v) is 11.4. The minimum Gasteiger partial charge on any atom is -0.310 e. The SMILES string of the molecule is CC1(C)C2=CC(N(c3ccccc3)c3cc4c5ccccc5c(N(c5ccccc5)c5ccc6c(c5)C(C)(C)c5ccccc5-6)cc4c4ccccc34)=CCC2c2ccccc21. The van der Waals surface area contributed by atoms with Crippen LogP contribution >= 0.6 is 0 Å². The Morgan fingerprint density at radius 2 is 0.919 bits per heavy atom. The third-order valence-corrected chi connectivity index (χ3v) is 14.4. The van der Waals surface area contributed by atoms with Crippen molar-refractivity contribution in [1.82, 2.24) is 0 Å². The summed E-state index contributed by atoms with van der Waals surface area (Å²) in [7, 11) is 0. The molecule has 1 unspecified atom stereocenters. The molecule has 0 fully saturated rings. The lowest BCUT2D eigenvalue weighted by atomic mass is 9.78. The van der Waals surface area contributed by atoms with Gasteiger partial charge < -0.3 is 9.80 Å². The van der Waals surface area contributed by atoms with Crippen LogP contribution in [-0.4, -0.2) is 0 Å². The van der Waals surface area contributed by atoms with Crippen LogP contribution in [0.2, 0.25) is 0 Å². The van der Waals surface area contributed by atoms with Gasteiger partial charge in [0.25, 0.3) is 0 Å². The zero-order valence-corrected chi connectivity index (χ0v) is 35.7. The summed E-state index contributed by atoms with van der Waals surface area (Å²) >= 11 is 0. The number of fused-ring (bicyclic) bond motifs is 11. The van der Waals surface area contributed by atoms with Crippen molar-refractivity contribution >= 4 is 60.8 Å². The Morgan fingerprint density at radius 1 is 0.403 bits per heavy atom. The molecule has 298 valence electrons. The second-order valence-corrected chi connectivity index (χ2v) is 18.4. The molecule has 0 bridgehead atoms. The molecule has 12 rings (SSSR count). The molecule has 0 aliphatic heterocycles. The predicted octanol–water partition coefficient (Wildman–Crippen LogP) is 16.3. The highest BCUT2D eigenvalue weighted by Crippen LogP contribution is 2.56. The molecule has 0 aromatic heterocycles. The molecule has 0 spiro atoms. The Morgan fingerprint density at radius 3 is 1.58 bits per heavy atom. The van der Waals surface area contributed by atoms with Crippen LogP contribution in [0, 0.1) is 0 Å². The summed E-state index contributed by atoms with van der Waals surface area (Å²) in [5, 5.41) is 7.40. The zero-order chi connectivity index (χ0) is 41.7. The molecule has 0 amide bonds. The van der Waals surface area contributed by atoms with Crippen LogP contribution in [0.5, 0.6) is 0 Å². The summed E-state index contributed by atoms with van der Waals surface area (Å²) in [5.74, 6) is 0.401. The highest BCUT2D eigenvalue weighted by Gasteiger charge is 2.43. The molecule has 0 saturated heterocycles. The molecule has 0 radical (unpaired) electrons. The van der Waals surface area contributed by atoms with Gasteiger partial charge in [0.05, 0.1) is 11.4 Å². The van der Waals surface area contributed by atoms with Gasteiger partial charge in [-0.3, -0.25) is 0 Å². The van der Waals surface area contributed by atoms with Crippen molar-refractivity contribution in [3.8, 4) is 11.1 Å². The van der Waals surface area contributed by atoms with E-state index in [-0.39, 0.29) is 10.8 Å². The Bertz CT molecular complexity index is 3330. The molecule has 3 aliphatic carbocycles. The van der Waals surface area contributed by atoms with Crippen molar-refractivity contribution in [3.63, 3.8) is 0 Å². The first-order chi connectivity index (χ1) is 30.3. The van der Waals surface area contributed by atoms with Crippen molar-refractivity contribution in [2.75, 3.05) is 9.80 Å². The Labute approximate surface area is 364 Å². The molecular weight excluding hydrogens is 749 g/mol. The first-order valence-electron chi connectivity index (χ1n) is 22.1. The largest absolute Gasteiger partial charge is 0.310 e. The van der Waals surface area contributed by atoms with Gasteiger partial charge in [0.2, 0.25) is 0 Å². The van der Waals surface area contributed by atoms with Crippen LogP contribution in [0.4, 0.5) is 28.4 Å². The molecule has 2 heteroatoms. The lowest BCUT2D eigenvalue weighted by molar-refractivity contribution is 0.609. The van der Waals surface area contributed by atoms with E-state index in [1.165, 1.54) is 88.3 Å². The molecule has 2 nitrogen and oxygen atoms in total. The summed E-state index contributed by atoms with van der Waals surface area (Å²) < 4.78 is 0. The van der Waals surface area contributed by atoms with E-state index in [4.69, 9.17) is 0 Å². The molecule has 0 saturated carbocycles. The van der Waals surface area contributed by atoms with Gasteiger partial charge in [-0.2, -0.15) is 0 Å². The van der Waals surface area contributed by atoms with Crippen molar-refractivity contribution in [2.24, 2.45) is 0 Å². The first kappa shape index (κ1) is 36.7. The number of hydrogen-bond donors (Lipinski definition) is 0. The van der Waals surface area contributed by atoms with E-state index in [2.05, 4.69) is 238 Å². The van der Waals surface area contributed by atoms with Gasteiger partial charge in [0.1, 0.15) is 0 Å². The maximum atomic E-state index is 2.52. The lowest BCUT2D eigenvalue weighted by Gasteiger charge is -2.34.